The summed E-state index contributed by atoms with van der Waals surface area (Å²) in [6, 6.07) is 0. The number of aromatic nitrogens is 2. The summed E-state index contributed by atoms with van der Waals surface area (Å²) >= 11 is 0. The van der Waals surface area contributed by atoms with Crippen LogP contribution < -0.4 is 11.2 Å². The largest absolute Gasteiger partial charge is 0.390 e. The Hall–Kier alpha value is -1.86. The van der Waals surface area contributed by atoms with Crippen molar-refractivity contribution in [2.75, 3.05) is 0 Å². The van der Waals surface area contributed by atoms with Crippen LogP contribution in [0.1, 0.15) is 23.7 Å². The number of carbonyl (C=O) groups excluding carboxylic acids is 1. The second-order valence-electron chi connectivity index (χ2n) is 3.80. The Morgan fingerprint density at radius 3 is 2.33 bits per heavy atom. The van der Waals surface area contributed by atoms with Gasteiger partial charge in [-0.15, -0.1) is 0 Å². The SMILES string of the molecule is CC(=O)c1cn(CCC(F)(F)F)c(=O)n(C)c1=O. The minimum atomic E-state index is -4.41. The van der Waals surface area contributed by atoms with Crippen molar-refractivity contribution in [3.8, 4) is 0 Å². The van der Waals surface area contributed by atoms with Gasteiger partial charge in [-0.05, 0) is 6.92 Å². The van der Waals surface area contributed by atoms with Gasteiger partial charge >= 0.3 is 11.9 Å². The van der Waals surface area contributed by atoms with Gasteiger partial charge < -0.3 is 0 Å². The molecule has 5 nitrogen and oxygen atoms in total. The lowest BCUT2D eigenvalue weighted by molar-refractivity contribution is -0.136. The van der Waals surface area contributed by atoms with Crippen LogP contribution in [-0.4, -0.2) is 21.1 Å². The van der Waals surface area contributed by atoms with Crippen molar-refractivity contribution >= 4 is 5.78 Å². The first-order chi connectivity index (χ1) is 8.13. The minimum Gasteiger partial charge on any atom is -0.299 e. The third kappa shape index (κ3) is 3.08. The van der Waals surface area contributed by atoms with Gasteiger partial charge in [-0.25, -0.2) is 4.79 Å². The number of rotatable bonds is 3. The molecule has 0 fully saturated rings. The molecule has 1 aromatic heterocycles. The highest BCUT2D eigenvalue weighted by atomic mass is 19.4. The third-order valence-electron chi connectivity index (χ3n) is 2.37. The van der Waals surface area contributed by atoms with Gasteiger partial charge in [-0.3, -0.25) is 18.7 Å². The lowest BCUT2D eigenvalue weighted by atomic mass is 10.2. The molecule has 0 spiro atoms. The van der Waals surface area contributed by atoms with E-state index in [9.17, 15) is 27.6 Å². The summed E-state index contributed by atoms with van der Waals surface area (Å²) < 4.78 is 37.5. The Balaban J connectivity index is 3.26. The molecule has 8 heteroatoms. The zero-order valence-electron chi connectivity index (χ0n) is 9.74. The van der Waals surface area contributed by atoms with E-state index in [2.05, 4.69) is 0 Å². The van der Waals surface area contributed by atoms with E-state index in [0.29, 0.717) is 9.13 Å². The fourth-order valence-electron chi connectivity index (χ4n) is 1.38. The molecule has 0 amide bonds. The van der Waals surface area contributed by atoms with E-state index in [-0.39, 0.29) is 5.56 Å². The van der Waals surface area contributed by atoms with Crippen LogP contribution in [0, 0.1) is 0 Å². The lowest BCUT2D eigenvalue weighted by Crippen LogP contribution is -2.40. The molecule has 100 valence electrons. The highest BCUT2D eigenvalue weighted by Crippen LogP contribution is 2.19. The molecule has 1 rings (SSSR count). The van der Waals surface area contributed by atoms with Crippen molar-refractivity contribution < 1.29 is 18.0 Å². The Morgan fingerprint density at radius 1 is 1.33 bits per heavy atom. The summed E-state index contributed by atoms with van der Waals surface area (Å²) in [5, 5.41) is 0. The minimum absolute atomic E-state index is 0.306. The van der Waals surface area contributed by atoms with E-state index >= 15 is 0 Å². The first-order valence-corrected chi connectivity index (χ1v) is 5.01. The molecule has 0 aliphatic rings. The maximum atomic E-state index is 12.1. The van der Waals surface area contributed by atoms with Crippen molar-refractivity contribution in [3.63, 3.8) is 0 Å². The van der Waals surface area contributed by atoms with Crippen LogP contribution in [0.15, 0.2) is 15.8 Å². The van der Waals surface area contributed by atoms with E-state index in [1.165, 1.54) is 0 Å². The van der Waals surface area contributed by atoms with Crippen molar-refractivity contribution in [2.24, 2.45) is 7.05 Å². The number of Topliss-reactive ketones (excluding diaryl/α,β-unsaturated/α-hetero) is 1. The highest BCUT2D eigenvalue weighted by Gasteiger charge is 2.27. The molecule has 0 atom stereocenters. The molecule has 0 radical (unpaired) electrons. The summed E-state index contributed by atoms with van der Waals surface area (Å²) in [6.45, 7) is 0.478. The predicted molar refractivity (Wildman–Crippen MR) is 56.6 cm³/mol. The zero-order valence-corrected chi connectivity index (χ0v) is 9.74. The van der Waals surface area contributed by atoms with Gasteiger partial charge in [0.25, 0.3) is 5.56 Å². The molecule has 0 aliphatic carbocycles. The second kappa shape index (κ2) is 4.79. The van der Waals surface area contributed by atoms with E-state index in [1.54, 1.807) is 0 Å². The van der Waals surface area contributed by atoms with Gasteiger partial charge in [0.05, 0.1) is 12.0 Å². The van der Waals surface area contributed by atoms with Crippen LogP contribution in [0.25, 0.3) is 0 Å². The summed E-state index contributed by atoms with van der Waals surface area (Å²) in [7, 11) is 1.11. The molecule has 0 unspecified atom stereocenters. The molecule has 0 saturated carbocycles. The average Bonchev–Trinajstić information content (AvgIpc) is 2.23. The van der Waals surface area contributed by atoms with Crippen LogP contribution in [0.2, 0.25) is 0 Å². The van der Waals surface area contributed by atoms with Crippen LogP contribution >= 0.6 is 0 Å². The predicted octanol–water partition coefficient (Wildman–Crippen LogP) is 0.702. The van der Waals surface area contributed by atoms with E-state index in [0.717, 1.165) is 20.2 Å². The van der Waals surface area contributed by atoms with Crippen LogP contribution in [-0.2, 0) is 13.6 Å². The Kier molecular flexibility index (Phi) is 3.78. The van der Waals surface area contributed by atoms with Crippen molar-refractivity contribution in [2.45, 2.75) is 26.1 Å². The smallest absolute Gasteiger partial charge is 0.299 e. The van der Waals surface area contributed by atoms with E-state index < -0.39 is 36.2 Å². The number of hydrogen-bond acceptors (Lipinski definition) is 3. The maximum absolute atomic E-state index is 12.1. The van der Waals surface area contributed by atoms with E-state index in [4.69, 9.17) is 0 Å². The molecule has 0 N–H and O–H groups in total. The van der Waals surface area contributed by atoms with Gasteiger partial charge in [0.2, 0.25) is 0 Å². The number of nitrogens with zero attached hydrogens (tertiary/aromatic N) is 2. The highest BCUT2D eigenvalue weighted by molar-refractivity contribution is 5.93. The van der Waals surface area contributed by atoms with Gasteiger partial charge in [0, 0.05) is 19.8 Å². The molecule has 0 aromatic carbocycles. The fraction of sp³-hybridized carbons (Fsp3) is 0.500. The summed E-state index contributed by atoms with van der Waals surface area (Å²) in [4.78, 5) is 34.2. The lowest BCUT2D eigenvalue weighted by Gasteiger charge is -2.10. The number of hydrogen-bond donors (Lipinski definition) is 0. The normalized spacial score (nSPS) is 11.6. The summed E-state index contributed by atoms with van der Waals surface area (Å²) in [5.41, 5.74) is -2.00. The van der Waals surface area contributed by atoms with E-state index in [1.807, 2.05) is 0 Å². The molecule has 0 saturated heterocycles. The third-order valence-corrected chi connectivity index (χ3v) is 2.37. The van der Waals surface area contributed by atoms with Crippen LogP contribution in [0.4, 0.5) is 13.2 Å². The van der Waals surface area contributed by atoms with Crippen molar-refractivity contribution in [3.05, 3.63) is 32.6 Å². The van der Waals surface area contributed by atoms with Crippen LogP contribution in [0.5, 0.6) is 0 Å². The number of alkyl halides is 3. The Morgan fingerprint density at radius 2 is 1.89 bits per heavy atom. The van der Waals surface area contributed by atoms with Crippen molar-refractivity contribution in [1.82, 2.24) is 9.13 Å². The molecule has 1 heterocycles. The molecular formula is C10H11F3N2O3. The van der Waals surface area contributed by atoms with Crippen molar-refractivity contribution in [1.29, 1.82) is 0 Å². The van der Waals surface area contributed by atoms with Gasteiger partial charge in [-0.2, -0.15) is 13.2 Å². The summed E-state index contributed by atoms with van der Waals surface area (Å²) in [5.74, 6) is -0.601. The standard InChI is InChI=1S/C10H11F3N2O3/c1-6(16)7-5-15(4-3-10(11,12)13)9(18)14(2)8(7)17/h5H,3-4H2,1-2H3. The Labute approximate surface area is 99.5 Å². The first kappa shape index (κ1) is 14.2. The quantitative estimate of drug-likeness (QED) is 0.755. The number of halogens is 3. The monoisotopic (exact) mass is 264 g/mol. The molecule has 0 aliphatic heterocycles. The summed E-state index contributed by atoms with van der Waals surface area (Å²) in [6.07, 6.45) is -4.74. The van der Waals surface area contributed by atoms with Gasteiger partial charge in [-0.1, -0.05) is 0 Å². The maximum Gasteiger partial charge on any atom is 0.390 e. The van der Waals surface area contributed by atoms with Crippen LogP contribution in [0.3, 0.4) is 0 Å². The number of aryl methyl sites for hydroxylation is 1. The topological polar surface area (TPSA) is 61.1 Å². The number of ketones is 1. The van der Waals surface area contributed by atoms with Gasteiger partial charge in [0.15, 0.2) is 5.78 Å². The molecule has 1 aromatic rings. The van der Waals surface area contributed by atoms with Gasteiger partial charge in [0.1, 0.15) is 0 Å². The average molecular weight is 264 g/mol. The first-order valence-electron chi connectivity index (χ1n) is 5.01. The Bertz CT molecular complexity index is 584. The second-order valence-corrected chi connectivity index (χ2v) is 3.80. The molecular weight excluding hydrogens is 253 g/mol. The zero-order chi connectivity index (χ0) is 14.1. The fourth-order valence-corrected chi connectivity index (χ4v) is 1.38. The number of carbonyl (C=O) groups is 1. The molecule has 18 heavy (non-hydrogen) atoms. The molecule has 0 bridgehead atoms.